The Hall–Kier alpha value is -5.61. The summed E-state index contributed by atoms with van der Waals surface area (Å²) in [6, 6.07) is 16.9. The van der Waals surface area contributed by atoms with Crippen molar-refractivity contribution in [2.24, 2.45) is 0 Å². The maximum atomic E-state index is 13.3. The standard InChI is InChI=1S/C44H52Cl2N8O7/c1-44(2,3)61-43(59)49-20-9-15-37(55)48-22-21-47-24-28-16-18-34(50-25-28)40(56)52-32-12-7-10-30(38(32)45)31-11-8-13-33(39(31)46)53-41(57)35-19-17-29(26-51-35)27-54-23-6-5-14-36(54)42(58)60-4/h7-8,10-13,16-19,25-26,36,47H,5-6,9,14-15,20-24,27H2,1-4H3,(H,48,55)(H,49,59)(H,52,56)(H,53,57)/t36-/m0/s1. The van der Waals surface area contributed by atoms with Gasteiger partial charge in [0.05, 0.1) is 28.5 Å². The summed E-state index contributed by atoms with van der Waals surface area (Å²) in [7, 11) is 1.40. The molecule has 1 fully saturated rings. The van der Waals surface area contributed by atoms with Crippen molar-refractivity contribution in [3.8, 4) is 11.1 Å². The minimum Gasteiger partial charge on any atom is -0.468 e. The third-order valence-electron chi connectivity index (χ3n) is 9.57. The zero-order valence-corrected chi connectivity index (χ0v) is 36.3. The number of aromatic nitrogens is 2. The average Bonchev–Trinajstić information content (AvgIpc) is 3.23. The number of hydrogen-bond donors (Lipinski definition) is 5. The molecule has 4 aromatic rings. The molecule has 15 nitrogen and oxygen atoms in total. The predicted molar refractivity (Wildman–Crippen MR) is 235 cm³/mol. The van der Waals surface area contributed by atoms with Gasteiger partial charge in [-0.15, -0.1) is 0 Å². The fourth-order valence-electron chi connectivity index (χ4n) is 6.54. The number of rotatable bonds is 17. The van der Waals surface area contributed by atoms with Crippen LogP contribution in [-0.4, -0.2) is 89.6 Å². The maximum absolute atomic E-state index is 13.3. The minimum atomic E-state index is -0.577. The molecule has 0 radical (unpaired) electrons. The summed E-state index contributed by atoms with van der Waals surface area (Å²) < 4.78 is 10.2. The first-order valence-electron chi connectivity index (χ1n) is 20.1. The molecule has 0 unspecified atom stereocenters. The number of esters is 1. The number of ether oxygens (including phenoxy) is 2. The van der Waals surface area contributed by atoms with E-state index in [0.717, 1.165) is 36.9 Å². The Morgan fingerprint density at radius 1 is 0.770 bits per heavy atom. The number of halogens is 2. The van der Waals surface area contributed by atoms with Crippen molar-refractivity contribution >= 4 is 64.4 Å². The lowest BCUT2D eigenvalue weighted by atomic mass is 10.0. The monoisotopic (exact) mass is 874 g/mol. The van der Waals surface area contributed by atoms with Gasteiger partial charge in [0.1, 0.15) is 23.0 Å². The third-order valence-corrected chi connectivity index (χ3v) is 10.4. The number of nitrogens with zero attached hydrogens (tertiary/aromatic N) is 3. The van der Waals surface area contributed by atoms with Crippen molar-refractivity contribution in [1.82, 2.24) is 30.8 Å². The van der Waals surface area contributed by atoms with E-state index < -0.39 is 23.5 Å². The Labute approximate surface area is 365 Å². The lowest BCUT2D eigenvalue weighted by molar-refractivity contribution is -0.148. The molecule has 0 aliphatic carbocycles. The number of piperidine rings is 1. The van der Waals surface area contributed by atoms with E-state index >= 15 is 0 Å². The number of nitrogens with one attached hydrogen (secondary N) is 5. The van der Waals surface area contributed by atoms with Gasteiger partial charge in [-0.05, 0) is 82.0 Å². The number of carbonyl (C=O) groups is 5. The largest absolute Gasteiger partial charge is 0.468 e. The van der Waals surface area contributed by atoms with Crippen LogP contribution in [0.3, 0.4) is 0 Å². The van der Waals surface area contributed by atoms with Crippen LogP contribution in [0.1, 0.15) is 85.0 Å². The second-order valence-electron chi connectivity index (χ2n) is 15.4. The molecule has 4 amide bonds. The smallest absolute Gasteiger partial charge is 0.407 e. The van der Waals surface area contributed by atoms with Crippen LogP contribution in [0.25, 0.3) is 11.1 Å². The first-order valence-corrected chi connectivity index (χ1v) is 20.8. The van der Waals surface area contributed by atoms with E-state index in [9.17, 15) is 24.0 Å². The van der Waals surface area contributed by atoms with Crippen LogP contribution in [0.2, 0.25) is 10.0 Å². The van der Waals surface area contributed by atoms with E-state index in [1.807, 2.05) is 6.07 Å². The van der Waals surface area contributed by atoms with E-state index in [1.165, 1.54) is 7.11 Å². The Balaban J connectivity index is 1.09. The van der Waals surface area contributed by atoms with E-state index in [1.54, 1.807) is 87.8 Å². The molecule has 3 heterocycles. The summed E-state index contributed by atoms with van der Waals surface area (Å²) in [4.78, 5) is 73.3. The quantitative estimate of drug-likeness (QED) is 0.0542. The van der Waals surface area contributed by atoms with Crippen LogP contribution in [0.15, 0.2) is 73.1 Å². The zero-order chi connectivity index (χ0) is 43.9. The van der Waals surface area contributed by atoms with Crippen molar-refractivity contribution in [1.29, 1.82) is 0 Å². The maximum Gasteiger partial charge on any atom is 0.407 e. The number of pyridine rings is 2. The molecule has 61 heavy (non-hydrogen) atoms. The van der Waals surface area contributed by atoms with Crippen LogP contribution in [0, 0.1) is 0 Å². The molecule has 324 valence electrons. The van der Waals surface area contributed by atoms with Crippen molar-refractivity contribution in [3.05, 3.63) is 106 Å². The van der Waals surface area contributed by atoms with Gasteiger partial charge >= 0.3 is 12.1 Å². The van der Waals surface area contributed by atoms with Gasteiger partial charge in [0, 0.05) is 62.7 Å². The number of carbonyl (C=O) groups excluding carboxylic acids is 5. The number of hydrogen-bond acceptors (Lipinski definition) is 11. The lowest BCUT2D eigenvalue weighted by Gasteiger charge is -2.33. The van der Waals surface area contributed by atoms with Gasteiger partial charge in [-0.25, -0.2) is 4.79 Å². The molecular weight excluding hydrogens is 823 g/mol. The van der Waals surface area contributed by atoms with E-state index in [2.05, 4.69) is 41.5 Å². The second-order valence-corrected chi connectivity index (χ2v) is 16.2. The molecule has 0 spiro atoms. The molecule has 5 rings (SSSR count). The van der Waals surface area contributed by atoms with Gasteiger partial charge < -0.3 is 36.1 Å². The molecule has 2 aromatic heterocycles. The Morgan fingerprint density at radius 3 is 1.93 bits per heavy atom. The summed E-state index contributed by atoms with van der Waals surface area (Å²) in [5.41, 5.74) is 3.26. The highest BCUT2D eigenvalue weighted by Gasteiger charge is 2.29. The zero-order valence-electron chi connectivity index (χ0n) is 34.7. The molecule has 0 bridgehead atoms. The normalized spacial score (nSPS) is 14.1. The highest BCUT2D eigenvalue weighted by molar-refractivity contribution is 6.40. The predicted octanol–water partition coefficient (Wildman–Crippen LogP) is 6.99. The van der Waals surface area contributed by atoms with Crippen LogP contribution < -0.4 is 26.6 Å². The molecule has 17 heteroatoms. The highest BCUT2D eigenvalue weighted by Crippen LogP contribution is 2.40. The Bertz CT molecular complexity index is 2160. The Kier molecular flexibility index (Phi) is 17.0. The second kappa shape index (κ2) is 22.3. The van der Waals surface area contributed by atoms with Gasteiger partial charge in [0.15, 0.2) is 0 Å². The molecule has 1 aliphatic heterocycles. The van der Waals surface area contributed by atoms with Gasteiger partial charge in [-0.1, -0.05) is 66.0 Å². The van der Waals surface area contributed by atoms with Crippen molar-refractivity contribution in [3.63, 3.8) is 0 Å². The van der Waals surface area contributed by atoms with Gasteiger partial charge in [0.2, 0.25) is 5.91 Å². The topological polar surface area (TPSA) is 193 Å². The first kappa shape index (κ1) is 46.5. The summed E-state index contributed by atoms with van der Waals surface area (Å²) in [5.74, 6) is -1.29. The number of alkyl carbamates (subject to hydrolysis) is 1. The molecule has 1 aliphatic rings. The van der Waals surface area contributed by atoms with Crippen LogP contribution in [0.5, 0.6) is 0 Å². The number of benzene rings is 2. The lowest BCUT2D eigenvalue weighted by Crippen LogP contribution is -2.44. The molecule has 5 N–H and O–H groups in total. The number of anilines is 2. The molecular formula is C44H52Cl2N8O7. The fourth-order valence-corrected chi connectivity index (χ4v) is 7.09. The first-order chi connectivity index (χ1) is 29.2. The Morgan fingerprint density at radius 2 is 1.38 bits per heavy atom. The molecule has 1 saturated heterocycles. The van der Waals surface area contributed by atoms with Crippen molar-refractivity contribution < 1.29 is 33.4 Å². The molecule has 0 saturated carbocycles. The van der Waals surface area contributed by atoms with Gasteiger partial charge in [0.25, 0.3) is 11.8 Å². The van der Waals surface area contributed by atoms with E-state index in [0.29, 0.717) is 61.6 Å². The molecule has 2 aromatic carbocycles. The average molecular weight is 876 g/mol. The summed E-state index contributed by atoms with van der Waals surface area (Å²) >= 11 is 13.7. The summed E-state index contributed by atoms with van der Waals surface area (Å²) in [6.45, 7) is 8.39. The number of likely N-dealkylation sites (tertiary alicyclic amines) is 1. The fraction of sp³-hybridized carbons (Fsp3) is 0.386. The number of amides is 4. The van der Waals surface area contributed by atoms with Gasteiger partial charge in [-0.2, -0.15) is 0 Å². The third kappa shape index (κ3) is 14.0. The van der Waals surface area contributed by atoms with Crippen molar-refractivity contribution in [2.45, 2.75) is 77.6 Å². The van der Waals surface area contributed by atoms with Gasteiger partial charge in [-0.3, -0.25) is 34.0 Å². The van der Waals surface area contributed by atoms with Crippen LogP contribution in [-0.2, 0) is 32.2 Å². The minimum absolute atomic E-state index is 0.116. The van der Waals surface area contributed by atoms with E-state index in [4.69, 9.17) is 32.7 Å². The number of methoxy groups -OCH3 is 1. The summed E-state index contributed by atoms with van der Waals surface area (Å²) in [6.07, 6.45) is 6.18. The van der Waals surface area contributed by atoms with Crippen LogP contribution >= 0.6 is 23.2 Å². The summed E-state index contributed by atoms with van der Waals surface area (Å²) in [5, 5.41) is 14.8. The SMILES string of the molecule is COC(=O)[C@@H]1CCCCN1Cc1ccc(C(=O)Nc2cccc(-c3cccc(NC(=O)c4ccc(CNCCNC(=O)CCCNC(=O)OC(C)(C)C)cn4)c3Cl)c2Cl)nc1. The van der Waals surface area contributed by atoms with E-state index in [-0.39, 0.29) is 45.8 Å². The molecule has 1 atom stereocenters. The van der Waals surface area contributed by atoms with Crippen LogP contribution in [0.4, 0.5) is 16.2 Å². The highest BCUT2D eigenvalue weighted by atomic mass is 35.5. The van der Waals surface area contributed by atoms with Crippen molar-refractivity contribution in [2.75, 3.05) is 43.9 Å².